The number of nitrogens with zero attached hydrogens (tertiary/aromatic N) is 2. The zero-order valence-corrected chi connectivity index (χ0v) is 18.7. The van der Waals surface area contributed by atoms with Crippen LogP contribution in [0.2, 0.25) is 0 Å². The fourth-order valence-corrected chi connectivity index (χ4v) is 3.72. The first-order chi connectivity index (χ1) is 14.3. The van der Waals surface area contributed by atoms with Gasteiger partial charge in [0.25, 0.3) is 5.91 Å². The molecule has 1 N–H and O–H groups in total. The van der Waals surface area contributed by atoms with E-state index in [0.717, 1.165) is 10.0 Å². The van der Waals surface area contributed by atoms with Crippen LogP contribution >= 0.6 is 15.9 Å². The standard InChI is InChI=1S/C22H24BrN3O4/c1-14-12-16(23)8-9-17(14)24-20(27)13-25(3)21(28)10-11-26-18-6-4-5-7-19(18)30-15(2)22(26)29/h4-9,12,15H,10-11,13H2,1-3H3,(H,24,27)/t15-/m1/s1. The molecule has 2 aromatic carbocycles. The molecule has 0 aliphatic carbocycles. The van der Waals surface area contributed by atoms with E-state index in [2.05, 4.69) is 21.2 Å². The molecule has 0 saturated carbocycles. The van der Waals surface area contributed by atoms with E-state index in [0.29, 0.717) is 17.1 Å². The van der Waals surface area contributed by atoms with Crippen molar-refractivity contribution in [2.45, 2.75) is 26.4 Å². The Labute approximate surface area is 184 Å². The summed E-state index contributed by atoms with van der Waals surface area (Å²) in [5, 5.41) is 2.82. The van der Waals surface area contributed by atoms with E-state index in [1.165, 1.54) is 4.90 Å². The van der Waals surface area contributed by atoms with E-state index in [1.807, 2.05) is 37.3 Å². The van der Waals surface area contributed by atoms with Gasteiger partial charge < -0.3 is 19.9 Å². The summed E-state index contributed by atoms with van der Waals surface area (Å²) in [6, 6.07) is 12.8. The van der Waals surface area contributed by atoms with Crippen LogP contribution in [-0.2, 0) is 14.4 Å². The molecule has 0 spiro atoms. The number of anilines is 2. The molecule has 1 aliphatic heterocycles. The Kier molecular flexibility index (Phi) is 6.77. The van der Waals surface area contributed by atoms with Crippen molar-refractivity contribution in [2.24, 2.45) is 0 Å². The van der Waals surface area contributed by atoms with Gasteiger partial charge >= 0.3 is 0 Å². The summed E-state index contributed by atoms with van der Waals surface area (Å²) in [4.78, 5) is 40.3. The zero-order valence-electron chi connectivity index (χ0n) is 17.1. The minimum absolute atomic E-state index is 0.0710. The molecule has 8 heteroatoms. The number of amides is 3. The van der Waals surface area contributed by atoms with Crippen molar-refractivity contribution < 1.29 is 19.1 Å². The lowest BCUT2D eigenvalue weighted by Gasteiger charge is -2.33. The third-order valence-corrected chi connectivity index (χ3v) is 5.39. The number of para-hydroxylation sites is 2. The molecule has 1 aliphatic rings. The predicted octanol–water partition coefficient (Wildman–Crippen LogP) is 3.36. The number of ether oxygens (including phenoxy) is 1. The fraction of sp³-hybridized carbons (Fsp3) is 0.318. The van der Waals surface area contributed by atoms with Gasteiger partial charge in [0.2, 0.25) is 11.8 Å². The maximum Gasteiger partial charge on any atom is 0.267 e. The van der Waals surface area contributed by atoms with Gasteiger partial charge in [-0.2, -0.15) is 0 Å². The van der Waals surface area contributed by atoms with E-state index in [4.69, 9.17) is 4.74 Å². The molecule has 0 fully saturated rings. The van der Waals surface area contributed by atoms with Crippen molar-refractivity contribution in [3.05, 3.63) is 52.5 Å². The number of likely N-dealkylation sites (N-methyl/N-ethyl adjacent to an activating group) is 1. The van der Waals surface area contributed by atoms with Gasteiger partial charge in [-0.3, -0.25) is 14.4 Å². The van der Waals surface area contributed by atoms with Gasteiger partial charge in [0.05, 0.1) is 12.2 Å². The number of rotatable bonds is 6. The van der Waals surface area contributed by atoms with Crippen molar-refractivity contribution in [3.8, 4) is 5.75 Å². The van der Waals surface area contributed by atoms with E-state index >= 15 is 0 Å². The number of hydrogen-bond acceptors (Lipinski definition) is 4. The van der Waals surface area contributed by atoms with Gasteiger partial charge in [-0.25, -0.2) is 0 Å². The molecule has 0 saturated heterocycles. The largest absolute Gasteiger partial charge is 0.479 e. The van der Waals surface area contributed by atoms with E-state index in [1.54, 1.807) is 31.0 Å². The third kappa shape index (κ3) is 4.99. The van der Waals surface area contributed by atoms with Crippen LogP contribution < -0.4 is 15.0 Å². The number of fused-ring (bicyclic) bond motifs is 1. The lowest BCUT2D eigenvalue weighted by molar-refractivity contribution is -0.133. The molecule has 0 bridgehead atoms. The Bertz CT molecular complexity index is 979. The second-order valence-corrected chi connectivity index (χ2v) is 8.14. The van der Waals surface area contributed by atoms with Gasteiger partial charge in [0, 0.05) is 30.2 Å². The van der Waals surface area contributed by atoms with Gasteiger partial charge in [-0.15, -0.1) is 0 Å². The molecule has 158 valence electrons. The number of benzene rings is 2. The van der Waals surface area contributed by atoms with Crippen molar-refractivity contribution >= 4 is 45.0 Å². The second kappa shape index (κ2) is 9.30. The maximum absolute atomic E-state index is 12.6. The van der Waals surface area contributed by atoms with Crippen LogP contribution in [0.15, 0.2) is 46.9 Å². The van der Waals surface area contributed by atoms with Crippen LogP contribution in [0.1, 0.15) is 18.9 Å². The second-order valence-electron chi connectivity index (χ2n) is 7.22. The molecule has 3 amide bonds. The molecule has 0 radical (unpaired) electrons. The minimum atomic E-state index is -0.604. The molecular formula is C22H24BrN3O4. The lowest BCUT2D eigenvalue weighted by Crippen LogP contribution is -2.46. The molecule has 7 nitrogen and oxygen atoms in total. The smallest absolute Gasteiger partial charge is 0.267 e. The normalized spacial score (nSPS) is 15.3. The molecule has 1 atom stereocenters. The Morgan fingerprint density at radius 3 is 2.70 bits per heavy atom. The summed E-state index contributed by atoms with van der Waals surface area (Å²) in [5.74, 6) is -0.0675. The van der Waals surface area contributed by atoms with Gasteiger partial charge in [0.15, 0.2) is 6.10 Å². The highest BCUT2D eigenvalue weighted by molar-refractivity contribution is 9.10. The lowest BCUT2D eigenvalue weighted by atomic mass is 10.1. The number of carbonyl (C=O) groups excluding carboxylic acids is 3. The van der Waals surface area contributed by atoms with Gasteiger partial charge in [0.1, 0.15) is 5.75 Å². The van der Waals surface area contributed by atoms with Crippen LogP contribution in [-0.4, -0.2) is 48.9 Å². The van der Waals surface area contributed by atoms with Gasteiger partial charge in [-0.05, 0) is 49.7 Å². The highest BCUT2D eigenvalue weighted by Crippen LogP contribution is 2.33. The average Bonchev–Trinajstić information content (AvgIpc) is 2.70. The molecule has 0 aromatic heterocycles. The summed E-state index contributed by atoms with van der Waals surface area (Å²) in [6.07, 6.45) is -0.499. The monoisotopic (exact) mass is 473 g/mol. The Morgan fingerprint density at radius 1 is 1.23 bits per heavy atom. The van der Waals surface area contributed by atoms with Crippen LogP contribution in [0.5, 0.6) is 5.75 Å². The van der Waals surface area contributed by atoms with Crippen molar-refractivity contribution in [2.75, 3.05) is 30.4 Å². The van der Waals surface area contributed by atoms with Crippen molar-refractivity contribution in [1.29, 1.82) is 0 Å². The first-order valence-corrected chi connectivity index (χ1v) is 10.4. The summed E-state index contributed by atoms with van der Waals surface area (Å²) in [7, 11) is 1.58. The van der Waals surface area contributed by atoms with E-state index in [-0.39, 0.29) is 37.2 Å². The number of hydrogen-bond donors (Lipinski definition) is 1. The van der Waals surface area contributed by atoms with Crippen molar-refractivity contribution in [3.63, 3.8) is 0 Å². The molecule has 30 heavy (non-hydrogen) atoms. The van der Waals surface area contributed by atoms with Crippen LogP contribution in [0, 0.1) is 6.92 Å². The summed E-state index contributed by atoms with van der Waals surface area (Å²) >= 11 is 3.39. The third-order valence-electron chi connectivity index (χ3n) is 4.89. The zero-order chi connectivity index (χ0) is 21.8. The Hall–Kier alpha value is -2.87. The highest BCUT2D eigenvalue weighted by atomic mass is 79.9. The van der Waals surface area contributed by atoms with Crippen LogP contribution in [0.25, 0.3) is 0 Å². The van der Waals surface area contributed by atoms with Gasteiger partial charge in [-0.1, -0.05) is 28.1 Å². The Balaban J connectivity index is 1.57. The fourth-order valence-electron chi connectivity index (χ4n) is 3.25. The topological polar surface area (TPSA) is 79.0 Å². The number of carbonyl (C=O) groups is 3. The predicted molar refractivity (Wildman–Crippen MR) is 119 cm³/mol. The maximum atomic E-state index is 12.6. The molecule has 1 heterocycles. The summed E-state index contributed by atoms with van der Waals surface area (Å²) in [6.45, 7) is 3.74. The average molecular weight is 474 g/mol. The van der Waals surface area contributed by atoms with Crippen molar-refractivity contribution in [1.82, 2.24) is 4.90 Å². The summed E-state index contributed by atoms with van der Waals surface area (Å²) < 4.78 is 6.54. The first-order valence-electron chi connectivity index (χ1n) is 9.63. The SMILES string of the molecule is Cc1cc(Br)ccc1NC(=O)CN(C)C(=O)CCN1C(=O)[C@@H](C)Oc2ccccc21. The highest BCUT2D eigenvalue weighted by Gasteiger charge is 2.31. The Morgan fingerprint density at radius 2 is 1.97 bits per heavy atom. The van der Waals surface area contributed by atoms with E-state index < -0.39 is 6.10 Å². The molecule has 0 unspecified atom stereocenters. The molecular weight excluding hydrogens is 450 g/mol. The van der Waals surface area contributed by atoms with Crippen LogP contribution in [0.3, 0.4) is 0 Å². The molecule has 3 rings (SSSR count). The molecule has 2 aromatic rings. The quantitative estimate of drug-likeness (QED) is 0.697. The minimum Gasteiger partial charge on any atom is -0.479 e. The number of halogens is 1. The first kappa shape index (κ1) is 21.8. The summed E-state index contributed by atoms with van der Waals surface area (Å²) in [5.41, 5.74) is 2.28. The van der Waals surface area contributed by atoms with E-state index in [9.17, 15) is 14.4 Å². The number of aryl methyl sites for hydroxylation is 1. The number of nitrogens with one attached hydrogen (secondary N) is 1. The van der Waals surface area contributed by atoms with Crippen LogP contribution in [0.4, 0.5) is 11.4 Å².